The molecule has 0 aliphatic rings. The predicted molar refractivity (Wildman–Crippen MR) is 56.9 cm³/mol. The van der Waals surface area contributed by atoms with Gasteiger partial charge in [0.05, 0.1) is 0 Å². The lowest BCUT2D eigenvalue weighted by atomic mass is 9.99. The molecule has 2 rings (SSSR count). The van der Waals surface area contributed by atoms with Gasteiger partial charge in [-0.3, -0.25) is 0 Å². The molecule has 0 amide bonds. The Hall–Kier alpha value is -1.30. The molecule has 0 unspecified atom stereocenters. The molecule has 0 bridgehead atoms. The molecule has 0 saturated carbocycles. The quantitative estimate of drug-likeness (QED) is 0.609. The molecule has 65 valence electrons. The lowest BCUT2D eigenvalue weighted by molar-refractivity contribution is 0.869. The molecule has 1 radical (unpaired) electrons. The van der Waals surface area contributed by atoms with Gasteiger partial charge in [-0.1, -0.05) is 44.2 Å². The maximum absolute atomic E-state index is 3.08. The highest BCUT2D eigenvalue weighted by molar-refractivity contribution is 5.82. The number of hydrogen-bond acceptors (Lipinski definition) is 0. The van der Waals surface area contributed by atoms with Crippen LogP contribution in [0.3, 0.4) is 0 Å². The van der Waals surface area contributed by atoms with Crippen LogP contribution in [0.25, 0.3) is 10.8 Å². The summed E-state index contributed by atoms with van der Waals surface area (Å²) in [7, 11) is 0. The Kier molecular flexibility index (Phi) is 2.05. The molecule has 0 nitrogen and oxygen atoms in total. The minimum Gasteiger partial charge on any atom is -0.0587 e. The molecule has 2 aromatic carbocycles. The summed E-state index contributed by atoms with van der Waals surface area (Å²) >= 11 is 0. The molecule has 0 spiro atoms. The van der Waals surface area contributed by atoms with E-state index in [4.69, 9.17) is 0 Å². The van der Waals surface area contributed by atoms with Crippen LogP contribution in [-0.4, -0.2) is 0 Å². The van der Waals surface area contributed by atoms with Gasteiger partial charge in [-0.05, 0) is 34.4 Å². The van der Waals surface area contributed by atoms with Crippen LogP contribution >= 0.6 is 0 Å². The van der Waals surface area contributed by atoms with E-state index in [0.717, 1.165) is 0 Å². The lowest BCUT2D eigenvalue weighted by Crippen LogP contribution is -1.86. The van der Waals surface area contributed by atoms with Crippen molar-refractivity contribution in [1.29, 1.82) is 0 Å². The minimum atomic E-state index is 0.605. The molecule has 0 saturated heterocycles. The van der Waals surface area contributed by atoms with Crippen molar-refractivity contribution in [3.63, 3.8) is 0 Å². The van der Waals surface area contributed by atoms with E-state index >= 15 is 0 Å². The Morgan fingerprint density at radius 1 is 1.08 bits per heavy atom. The topological polar surface area (TPSA) is 0 Å². The SMILES string of the molecule is CC(C)c1ccc2c[c]ccc2c1. The Balaban J connectivity index is 2.62. The number of fused-ring (bicyclic) bond motifs is 1. The zero-order valence-electron chi connectivity index (χ0n) is 8.04. The number of benzene rings is 2. The van der Waals surface area contributed by atoms with E-state index in [1.54, 1.807) is 0 Å². The summed E-state index contributed by atoms with van der Waals surface area (Å²) in [5.74, 6) is 0.605. The zero-order valence-corrected chi connectivity index (χ0v) is 8.04. The van der Waals surface area contributed by atoms with E-state index in [1.807, 2.05) is 12.1 Å². The summed E-state index contributed by atoms with van der Waals surface area (Å²) in [6.45, 7) is 4.44. The average Bonchev–Trinajstić information content (AvgIpc) is 2.17. The molecular weight excluding hydrogens is 156 g/mol. The normalized spacial score (nSPS) is 11.0. The second-order valence-corrected chi connectivity index (χ2v) is 3.69. The fraction of sp³-hybridized carbons (Fsp3) is 0.231. The first-order valence-electron chi connectivity index (χ1n) is 4.67. The molecule has 0 aromatic heterocycles. The van der Waals surface area contributed by atoms with Crippen molar-refractivity contribution < 1.29 is 0 Å². The predicted octanol–water partition coefficient (Wildman–Crippen LogP) is 3.76. The highest BCUT2D eigenvalue weighted by atomic mass is 14.0. The van der Waals surface area contributed by atoms with Crippen molar-refractivity contribution in [3.05, 3.63) is 48.0 Å². The third-order valence-electron chi connectivity index (χ3n) is 2.38. The molecule has 0 fully saturated rings. The second-order valence-electron chi connectivity index (χ2n) is 3.69. The minimum absolute atomic E-state index is 0.605. The van der Waals surface area contributed by atoms with E-state index in [1.165, 1.54) is 16.3 Å². The summed E-state index contributed by atoms with van der Waals surface area (Å²) in [4.78, 5) is 0. The van der Waals surface area contributed by atoms with Crippen molar-refractivity contribution in [2.75, 3.05) is 0 Å². The molecule has 0 aliphatic heterocycles. The van der Waals surface area contributed by atoms with Crippen molar-refractivity contribution in [3.8, 4) is 0 Å². The van der Waals surface area contributed by atoms with Gasteiger partial charge < -0.3 is 0 Å². The third-order valence-corrected chi connectivity index (χ3v) is 2.38. The summed E-state index contributed by atoms with van der Waals surface area (Å²) in [6.07, 6.45) is 0. The van der Waals surface area contributed by atoms with Gasteiger partial charge in [0.25, 0.3) is 0 Å². The first-order valence-corrected chi connectivity index (χ1v) is 4.67. The van der Waals surface area contributed by atoms with E-state index in [-0.39, 0.29) is 0 Å². The van der Waals surface area contributed by atoms with Crippen molar-refractivity contribution in [1.82, 2.24) is 0 Å². The highest BCUT2D eigenvalue weighted by Gasteiger charge is 1.99. The van der Waals surface area contributed by atoms with Gasteiger partial charge in [0.15, 0.2) is 0 Å². The largest absolute Gasteiger partial charge is 0.0587 e. The molecule has 0 atom stereocenters. The van der Waals surface area contributed by atoms with Crippen LogP contribution in [-0.2, 0) is 0 Å². The molecule has 0 heterocycles. The van der Waals surface area contributed by atoms with E-state index in [0.29, 0.717) is 5.92 Å². The van der Waals surface area contributed by atoms with E-state index in [2.05, 4.69) is 44.2 Å². The van der Waals surface area contributed by atoms with Crippen molar-refractivity contribution in [2.24, 2.45) is 0 Å². The van der Waals surface area contributed by atoms with Gasteiger partial charge in [0, 0.05) is 0 Å². The second kappa shape index (κ2) is 3.21. The fourth-order valence-corrected chi connectivity index (χ4v) is 1.50. The maximum atomic E-state index is 3.08. The van der Waals surface area contributed by atoms with Crippen LogP contribution in [0.4, 0.5) is 0 Å². The van der Waals surface area contributed by atoms with Crippen LogP contribution in [0.2, 0.25) is 0 Å². The van der Waals surface area contributed by atoms with Gasteiger partial charge in [-0.2, -0.15) is 0 Å². The third kappa shape index (κ3) is 1.57. The Morgan fingerprint density at radius 2 is 1.92 bits per heavy atom. The van der Waals surface area contributed by atoms with Gasteiger partial charge >= 0.3 is 0 Å². The van der Waals surface area contributed by atoms with Crippen LogP contribution in [0.5, 0.6) is 0 Å². The fourth-order valence-electron chi connectivity index (χ4n) is 1.50. The molecular formula is C13H13. The Labute approximate surface area is 79.2 Å². The monoisotopic (exact) mass is 169 g/mol. The standard InChI is InChI=1S/C13H13/c1-10(2)12-8-7-11-5-3-4-6-13(11)9-12/h4-10H,1-2H3. The van der Waals surface area contributed by atoms with Gasteiger partial charge in [-0.25, -0.2) is 0 Å². The molecule has 13 heavy (non-hydrogen) atoms. The lowest BCUT2D eigenvalue weighted by Gasteiger charge is -2.06. The maximum Gasteiger partial charge on any atom is -0.0177 e. The first kappa shape index (κ1) is 8.31. The van der Waals surface area contributed by atoms with E-state index < -0.39 is 0 Å². The van der Waals surface area contributed by atoms with Crippen molar-refractivity contribution in [2.45, 2.75) is 19.8 Å². The number of hydrogen-bond donors (Lipinski definition) is 0. The number of rotatable bonds is 1. The molecule has 0 N–H and O–H groups in total. The summed E-state index contributed by atoms with van der Waals surface area (Å²) in [5, 5.41) is 2.58. The van der Waals surface area contributed by atoms with Crippen LogP contribution in [0.15, 0.2) is 36.4 Å². The molecule has 2 aromatic rings. The summed E-state index contributed by atoms with van der Waals surface area (Å²) < 4.78 is 0. The molecule has 0 aliphatic carbocycles. The summed E-state index contributed by atoms with van der Waals surface area (Å²) in [6, 6.07) is 15.8. The zero-order chi connectivity index (χ0) is 9.26. The summed E-state index contributed by atoms with van der Waals surface area (Å²) in [5.41, 5.74) is 1.40. The van der Waals surface area contributed by atoms with Crippen LogP contribution in [0, 0.1) is 6.07 Å². The Bertz CT molecular complexity index is 413. The van der Waals surface area contributed by atoms with Gasteiger partial charge in [-0.15, -0.1) is 0 Å². The molecule has 0 heteroatoms. The van der Waals surface area contributed by atoms with Crippen LogP contribution in [0.1, 0.15) is 25.3 Å². The van der Waals surface area contributed by atoms with Crippen LogP contribution < -0.4 is 0 Å². The highest BCUT2D eigenvalue weighted by Crippen LogP contribution is 2.20. The average molecular weight is 169 g/mol. The first-order chi connectivity index (χ1) is 6.27. The van der Waals surface area contributed by atoms with Gasteiger partial charge in [0.2, 0.25) is 0 Å². The van der Waals surface area contributed by atoms with Crippen molar-refractivity contribution >= 4 is 10.8 Å². The van der Waals surface area contributed by atoms with E-state index in [9.17, 15) is 0 Å². The van der Waals surface area contributed by atoms with Gasteiger partial charge in [0.1, 0.15) is 0 Å². The Morgan fingerprint density at radius 3 is 2.69 bits per heavy atom. The smallest absolute Gasteiger partial charge is 0.0177 e.